The zero-order valence-electron chi connectivity index (χ0n) is 18.0. The van der Waals surface area contributed by atoms with Gasteiger partial charge in [-0.2, -0.15) is 0 Å². The first-order chi connectivity index (χ1) is 15.2. The van der Waals surface area contributed by atoms with E-state index in [-0.39, 0.29) is 5.92 Å². The lowest BCUT2D eigenvalue weighted by Crippen LogP contribution is -2.44. The molecule has 2 aliphatic heterocycles. The van der Waals surface area contributed by atoms with Crippen LogP contribution in [0.4, 0.5) is 5.82 Å². The van der Waals surface area contributed by atoms with E-state index < -0.39 is 0 Å². The van der Waals surface area contributed by atoms with Crippen molar-refractivity contribution >= 4 is 22.8 Å². The van der Waals surface area contributed by atoms with Crippen molar-refractivity contribution in [1.29, 1.82) is 0 Å². The monoisotopic (exact) mass is 416 g/mol. The predicted octanol–water partition coefficient (Wildman–Crippen LogP) is 3.83. The van der Waals surface area contributed by atoms with Crippen molar-refractivity contribution in [3.63, 3.8) is 0 Å². The van der Waals surface area contributed by atoms with Gasteiger partial charge >= 0.3 is 0 Å². The average molecular weight is 417 g/mol. The number of ether oxygens (including phenoxy) is 1. The van der Waals surface area contributed by atoms with E-state index in [9.17, 15) is 4.79 Å². The van der Waals surface area contributed by atoms with Gasteiger partial charge in [0.25, 0.3) is 5.88 Å². The highest BCUT2D eigenvalue weighted by Crippen LogP contribution is 2.31. The molecule has 5 rings (SSSR count). The summed E-state index contributed by atoms with van der Waals surface area (Å²) >= 11 is 0. The fourth-order valence-corrected chi connectivity index (χ4v) is 4.69. The molecule has 0 spiro atoms. The molecule has 1 fully saturated rings. The number of aromatic nitrogens is 2. The minimum atomic E-state index is 0.0745. The minimum Gasteiger partial charge on any atom is -0.475 e. The molecular formula is C25H28N4O2. The summed E-state index contributed by atoms with van der Waals surface area (Å²) < 4.78 is 5.81. The van der Waals surface area contributed by atoms with E-state index in [1.54, 1.807) is 0 Å². The second kappa shape index (κ2) is 8.53. The number of amides is 1. The number of hydrogen-bond acceptors (Lipinski definition) is 5. The van der Waals surface area contributed by atoms with E-state index in [1.807, 2.05) is 36.1 Å². The summed E-state index contributed by atoms with van der Waals surface area (Å²) in [6, 6.07) is 16.3. The van der Waals surface area contributed by atoms with Crippen LogP contribution in [0.5, 0.6) is 5.88 Å². The molecule has 0 N–H and O–H groups in total. The lowest BCUT2D eigenvalue weighted by Gasteiger charge is -2.36. The zero-order valence-corrected chi connectivity index (χ0v) is 18.0. The highest BCUT2D eigenvalue weighted by atomic mass is 16.5. The standard InChI is InChI=1S/C25H28N4O2/c1-2-31-24-23(26-21-9-5-6-10-22(21)27-24)28-14-12-19(13-15-28)25(30)29-16-11-18-7-3-4-8-20(18)17-29/h3-10,19H,2,11-17H2,1H3. The molecule has 3 heterocycles. The first-order valence-corrected chi connectivity index (χ1v) is 11.2. The molecule has 2 aromatic carbocycles. The lowest BCUT2D eigenvalue weighted by molar-refractivity contribution is -0.137. The Morgan fingerprint density at radius 1 is 0.968 bits per heavy atom. The van der Waals surface area contributed by atoms with Crippen LogP contribution >= 0.6 is 0 Å². The number of para-hydroxylation sites is 2. The van der Waals surface area contributed by atoms with Gasteiger partial charge in [-0.05, 0) is 49.4 Å². The third kappa shape index (κ3) is 3.94. The molecule has 31 heavy (non-hydrogen) atoms. The maximum atomic E-state index is 13.2. The second-order valence-corrected chi connectivity index (χ2v) is 8.31. The number of carbonyl (C=O) groups excluding carboxylic acids is 1. The number of hydrogen-bond donors (Lipinski definition) is 0. The summed E-state index contributed by atoms with van der Waals surface area (Å²) in [4.78, 5) is 27.0. The molecular weight excluding hydrogens is 388 g/mol. The number of nitrogens with zero attached hydrogens (tertiary/aromatic N) is 4. The van der Waals surface area contributed by atoms with Gasteiger partial charge in [0, 0.05) is 32.1 Å². The fourth-order valence-electron chi connectivity index (χ4n) is 4.69. The number of rotatable bonds is 4. The van der Waals surface area contributed by atoms with Crippen molar-refractivity contribution in [1.82, 2.24) is 14.9 Å². The van der Waals surface area contributed by atoms with Crippen LogP contribution in [0.15, 0.2) is 48.5 Å². The molecule has 0 atom stereocenters. The van der Waals surface area contributed by atoms with E-state index in [0.29, 0.717) is 18.4 Å². The number of carbonyl (C=O) groups is 1. The van der Waals surface area contributed by atoms with Gasteiger partial charge in [-0.1, -0.05) is 36.4 Å². The Balaban J connectivity index is 1.28. The number of fused-ring (bicyclic) bond motifs is 2. The summed E-state index contributed by atoms with van der Waals surface area (Å²) in [5.41, 5.74) is 4.36. The summed E-state index contributed by atoms with van der Waals surface area (Å²) in [5, 5.41) is 0. The zero-order chi connectivity index (χ0) is 21.2. The normalized spacial score (nSPS) is 16.9. The van der Waals surface area contributed by atoms with Crippen molar-refractivity contribution in [2.75, 3.05) is 31.1 Å². The van der Waals surface area contributed by atoms with E-state index in [1.165, 1.54) is 11.1 Å². The van der Waals surface area contributed by atoms with Gasteiger partial charge in [0.1, 0.15) is 0 Å². The van der Waals surface area contributed by atoms with Crippen LogP contribution in [-0.2, 0) is 17.8 Å². The van der Waals surface area contributed by atoms with Crippen LogP contribution in [0, 0.1) is 5.92 Å². The predicted molar refractivity (Wildman–Crippen MR) is 121 cm³/mol. The van der Waals surface area contributed by atoms with Gasteiger partial charge in [0.2, 0.25) is 5.91 Å². The van der Waals surface area contributed by atoms with Gasteiger partial charge < -0.3 is 14.5 Å². The number of piperidine rings is 1. The summed E-state index contributed by atoms with van der Waals surface area (Å²) in [6.45, 7) is 5.64. The third-order valence-electron chi connectivity index (χ3n) is 6.39. The molecule has 1 aromatic heterocycles. The topological polar surface area (TPSA) is 58.6 Å². The lowest BCUT2D eigenvalue weighted by atomic mass is 9.93. The Hall–Kier alpha value is -3.15. The molecule has 6 heteroatoms. The van der Waals surface area contributed by atoms with E-state index in [4.69, 9.17) is 9.72 Å². The molecule has 1 saturated heterocycles. The maximum Gasteiger partial charge on any atom is 0.258 e. The van der Waals surface area contributed by atoms with Crippen molar-refractivity contribution in [2.24, 2.45) is 5.92 Å². The van der Waals surface area contributed by atoms with Crippen molar-refractivity contribution < 1.29 is 9.53 Å². The molecule has 0 saturated carbocycles. The van der Waals surface area contributed by atoms with Gasteiger partial charge in [0.05, 0.1) is 17.6 Å². The number of anilines is 1. The van der Waals surface area contributed by atoms with Crippen LogP contribution in [0.2, 0.25) is 0 Å². The van der Waals surface area contributed by atoms with Crippen LogP contribution in [-0.4, -0.2) is 47.0 Å². The quantitative estimate of drug-likeness (QED) is 0.647. The maximum absolute atomic E-state index is 13.2. The Kier molecular flexibility index (Phi) is 5.45. The molecule has 0 unspecified atom stereocenters. The summed E-state index contributed by atoms with van der Waals surface area (Å²) in [5.74, 6) is 1.74. The third-order valence-corrected chi connectivity index (χ3v) is 6.39. The molecule has 160 valence electrons. The van der Waals surface area contributed by atoms with Gasteiger partial charge in [-0.25, -0.2) is 9.97 Å². The molecule has 6 nitrogen and oxygen atoms in total. The highest BCUT2D eigenvalue weighted by Gasteiger charge is 2.31. The van der Waals surface area contributed by atoms with E-state index >= 15 is 0 Å². The fraction of sp³-hybridized carbons (Fsp3) is 0.400. The summed E-state index contributed by atoms with van der Waals surface area (Å²) in [7, 11) is 0. The van der Waals surface area contributed by atoms with Gasteiger partial charge in [-0.15, -0.1) is 0 Å². The van der Waals surface area contributed by atoms with Crippen molar-refractivity contribution in [3.8, 4) is 5.88 Å². The van der Waals surface area contributed by atoms with Crippen molar-refractivity contribution in [3.05, 3.63) is 59.7 Å². The molecule has 0 aliphatic carbocycles. The van der Waals surface area contributed by atoms with E-state index in [2.05, 4.69) is 34.1 Å². The molecule has 0 radical (unpaired) electrons. The highest BCUT2D eigenvalue weighted by molar-refractivity contribution is 5.80. The Morgan fingerprint density at radius 2 is 1.65 bits per heavy atom. The molecule has 2 aliphatic rings. The Bertz CT molecular complexity index is 1090. The molecule has 1 amide bonds. The Morgan fingerprint density at radius 3 is 2.39 bits per heavy atom. The van der Waals surface area contributed by atoms with E-state index in [0.717, 1.165) is 62.3 Å². The Labute approximate surface area is 182 Å². The van der Waals surface area contributed by atoms with Crippen LogP contribution < -0.4 is 9.64 Å². The van der Waals surface area contributed by atoms with Crippen molar-refractivity contribution in [2.45, 2.75) is 32.7 Å². The van der Waals surface area contributed by atoms with Crippen LogP contribution in [0.1, 0.15) is 30.9 Å². The first kappa shape index (κ1) is 19.8. The average Bonchev–Trinajstić information content (AvgIpc) is 2.83. The van der Waals surface area contributed by atoms with Crippen LogP contribution in [0.25, 0.3) is 11.0 Å². The number of benzene rings is 2. The molecule has 0 bridgehead atoms. The van der Waals surface area contributed by atoms with Crippen LogP contribution in [0.3, 0.4) is 0 Å². The smallest absolute Gasteiger partial charge is 0.258 e. The minimum absolute atomic E-state index is 0.0745. The summed E-state index contributed by atoms with van der Waals surface area (Å²) in [6.07, 6.45) is 2.61. The second-order valence-electron chi connectivity index (χ2n) is 8.31. The largest absolute Gasteiger partial charge is 0.475 e. The molecule has 3 aromatic rings. The van der Waals surface area contributed by atoms with Gasteiger partial charge in [0.15, 0.2) is 5.82 Å². The SMILES string of the molecule is CCOc1nc2ccccc2nc1N1CCC(C(=O)N2CCc3ccccc3C2)CC1. The van der Waals surface area contributed by atoms with Gasteiger partial charge in [-0.3, -0.25) is 4.79 Å². The first-order valence-electron chi connectivity index (χ1n) is 11.2.